The average molecular weight is 409 g/mol. The fourth-order valence-corrected chi connectivity index (χ4v) is 3.87. The number of aliphatic imine (C=N–C) groups is 1. The van der Waals surface area contributed by atoms with Gasteiger partial charge in [-0.3, -0.25) is 4.99 Å². The molecule has 1 aliphatic carbocycles. The Hall–Kier alpha value is -0.0400. The van der Waals surface area contributed by atoms with Crippen LogP contribution in [0.4, 0.5) is 0 Å². The van der Waals surface area contributed by atoms with E-state index in [1.54, 1.807) is 7.11 Å². The molecule has 0 radical (unpaired) electrons. The van der Waals surface area contributed by atoms with Crippen LogP contribution in [0.5, 0.6) is 0 Å². The Morgan fingerprint density at radius 2 is 1.81 bits per heavy atom. The number of rotatable bonds is 3. The van der Waals surface area contributed by atoms with Crippen molar-refractivity contribution in [3.05, 3.63) is 0 Å². The maximum absolute atomic E-state index is 5.11. The van der Waals surface area contributed by atoms with Gasteiger partial charge >= 0.3 is 0 Å². The van der Waals surface area contributed by atoms with Gasteiger partial charge in [0, 0.05) is 33.8 Å². The lowest BCUT2D eigenvalue weighted by Gasteiger charge is -2.44. The Morgan fingerprint density at radius 3 is 2.43 bits per heavy atom. The molecule has 2 fully saturated rings. The lowest BCUT2D eigenvalue weighted by atomic mass is 9.74. The van der Waals surface area contributed by atoms with Crippen molar-refractivity contribution in [2.75, 3.05) is 40.4 Å². The van der Waals surface area contributed by atoms with Crippen molar-refractivity contribution in [1.29, 1.82) is 0 Å². The van der Waals surface area contributed by atoms with E-state index in [0.717, 1.165) is 25.7 Å². The lowest BCUT2D eigenvalue weighted by molar-refractivity contribution is 0.115. The molecule has 1 heterocycles. The maximum Gasteiger partial charge on any atom is 0.193 e. The number of hydrogen-bond donors (Lipinski definition) is 1. The van der Waals surface area contributed by atoms with E-state index in [-0.39, 0.29) is 24.0 Å². The fourth-order valence-electron chi connectivity index (χ4n) is 3.87. The minimum absolute atomic E-state index is 0. The van der Waals surface area contributed by atoms with E-state index in [0.29, 0.717) is 5.41 Å². The van der Waals surface area contributed by atoms with Gasteiger partial charge < -0.3 is 15.0 Å². The van der Waals surface area contributed by atoms with Crippen molar-refractivity contribution in [2.45, 2.75) is 51.4 Å². The van der Waals surface area contributed by atoms with E-state index in [9.17, 15) is 0 Å². The van der Waals surface area contributed by atoms with Crippen molar-refractivity contribution in [1.82, 2.24) is 10.2 Å². The number of guanidine groups is 1. The van der Waals surface area contributed by atoms with Crippen molar-refractivity contribution in [3.63, 3.8) is 0 Å². The summed E-state index contributed by atoms with van der Waals surface area (Å²) in [6, 6.07) is 0. The summed E-state index contributed by atoms with van der Waals surface area (Å²) in [5.74, 6) is 1.06. The van der Waals surface area contributed by atoms with Crippen LogP contribution in [0.25, 0.3) is 0 Å². The van der Waals surface area contributed by atoms with Crippen LogP contribution in [0.2, 0.25) is 0 Å². The summed E-state index contributed by atoms with van der Waals surface area (Å²) in [7, 11) is 3.63. The first kappa shape index (κ1) is 19.0. The van der Waals surface area contributed by atoms with Gasteiger partial charge in [-0.05, 0) is 31.1 Å². The Balaban J connectivity index is 0.00000220. The van der Waals surface area contributed by atoms with Crippen LogP contribution in [0.3, 0.4) is 0 Å². The van der Waals surface area contributed by atoms with Gasteiger partial charge in [0.15, 0.2) is 5.96 Å². The molecule has 1 spiro atoms. The molecule has 124 valence electrons. The number of nitrogens with zero attached hydrogens (tertiary/aromatic N) is 2. The van der Waals surface area contributed by atoms with Gasteiger partial charge in [-0.25, -0.2) is 0 Å². The second kappa shape index (κ2) is 9.87. The lowest BCUT2D eigenvalue weighted by Crippen LogP contribution is -2.51. The molecule has 1 aliphatic heterocycles. The third-order valence-corrected chi connectivity index (χ3v) is 4.93. The van der Waals surface area contributed by atoms with E-state index in [1.807, 2.05) is 7.05 Å². The highest BCUT2D eigenvalue weighted by atomic mass is 127. The van der Waals surface area contributed by atoms with Crippen LogP contribution in [-0.2, 0) is 4.74 Å². The number of halogens is 1. The molecule has 0 aromatic heterocycles. The molecule has 0 unspecified atom stereocenters. The fraction of sp³-hybridized carbons (Fsp3) is 0.938. The molecule has 0 bridgehead atoms. The van der Waals surface area contributed by atoms with E-state index < -0.39 is 0 Å². The van der Waals surface area contributed by atoms with Crippen molar-refractivity contribution >= 4 is 29.9 Å². The zero-order valence-corrected chi connectivity index (χ0v) is 16.0. The summed E-state index contributed by atoms with van der Waals surface area (Å²) in [5, 5.41) is 3.43. The number of hydrogen-bond acceptors (Lipinski definition) is 2. The normalized spacial score (nSPS) is 22.6. The molecule has 1 saturated heterocycles. The standard InChI is InChI=1S/C16H31N3O.HI/c1-17-15(18-11-13-20-2)19-12-7-10-16(14-19)8-5-3-4-6-9-16;/h3-14H2,1-2H3,(H,17,18);1H. The number of nitrogens with one attached hydrogen (secondary N) is 1. The molecule has 4 nitrogen and oxygen atoms in total. The van der Waals surface area contributed by atoms with Gasteiger partial charge in [-0.1, -0.05) is 25.7 Å². The minimum atomic E-state index is 0. The Kier molecular flexibility index (Phi) is 8.94. The van der Waals surface area contributed by atoms with Gasteiger partial charge in [0.25, 0.3) is 0 Å². The second-order valence-corrected chi connectivity index (χ2v) is 6.41. The molecule has 2 rings (SSSR count). The molecule has 0 aromatic carbocycles. The highest BCUT2D eigenvalue weighted by Crippen LogP contribution is 2.42. The Bertz CT molecular complexity index is 315. The van der Waals surface area contributed by atoms with Crippen molar-refractivity contribution < 1.29 is 4.74 Å². The topological polar surface area (TPSA) is 36.9 Å². The van der Waals surface area contributed by atoms with Gasteiger partial charge in [0.2, 0.25) is 0 Å². The molecule has 1 N–H and O–H groups in total. The molecule has 5 heteroatoms. The highest BCUT2D eigenvalue weighted by Gasteiger charge is 2.36. The van der Waals surface area contributed by atoms with Crippen LogP contribution >= 0.6 is 24.0 Å². The third kappa shape index (κ3) is 5.58. The van der Waals surface area contributed by atoms with E-state index in [1.165, 1.54) is 57.9 Å². The SMILES string of the molecule is CN=C(NCCOC)N1CCCC2(CCCCCC2)C1.I. The molecule has 21 heavy (non-hydrogen) atoms. The van der Waals surface area contributed by atoms with Gasteiger partial charge in [0.05, 0.1) is 6.61 Å². The average Bonchev–Trinajstić information content (AvgIpc) is 2.69. The van der Waals surface area contributed by atoms with Crippen LogP contribution < -0.4 is 5.32 Å². The second-order valence-electron chi connectivity index (χ2n) is 6.41. The number of likely N-dealkylation sites (tertiary alicyclic amines) is 1. The quantitative estimate of drug-likeness (QED) is 0.337. The molecule has 2 aliphatic rings. The Labute approximate surface area is 147 Å². The van der Waals surface area contributed by atoms with E-state index in [4.69, 9.17) is 4.74 Å². The predicted octanol–water partition coefficient (Wildman–Crippen LogP) is 3.26. The zero-order valence-electron chi connectivity index (χ0n) is 13.7. The number of piperidine rings is 1. The zero-order chi connectivity index (χ0) is 14.3. The van der Waals surface area contributed by atoms with E-state index in [2.05, 4.69) is 15.2 Å². The maximum atomic E-state index is 5.11. The van der Waals surface area contributed by atoms with Gasteiger partial charge in [-0.2, -0.15) is 0 Å². The highest BCUT2D eigenvalue weighted by molar-refractivity contribution is 14.0. The summed E-state index contributed by atoms with van der Waals surface area (Å²) >= 11 is 0. The van der Waals surface area contributed by atoms with Crippen LogP contribution in [0, 0.1) is 5.41 Å². The monoisotopic (exact) mass is 409 g/mol. The van der Waals surface area contributed by atoms with Crippen LogP contribution in [0.1, 0.15) is 51.4 Å². The first-order chi connectivity index (χ1) is 9.79. The predicted molar refractivity (Wildman–Crippen MR) is 99.6 cm³/mol. The van der Waals surface area contributed by atoms with E-state index >= 15 is 0 Å². The number of ether oxygens (including phenoxy) is 1. The summed E-state index contributed by atoms with van der Waals surface area (Å²) in [6.45, 7) is 3.92. The minimum Gasteiger partial charge on any atom is -0.383 e. The molecular formula is C16H32IN3O. The smallest absolute Gasteiger partial charge is 0.193 e. The number of methoxy groups -OCH3 is 1. The Morgan fingerprint density at radius 1 is 1.14 bits per heavy atom. The summed E-state index contributed by atoms with van der Waals surface area (Å²) in [4.78, 5) is 6.94. The third-order valence-electron chi connectivity index (χ3n) is 4.93. The van der Waals surface area contributed by atoms with Crippen molar-refractivity contribution in [2.24, 2.45) is 10.4 Å². The summed E-state index contributed by atoms with van der Waals surface area (Å²) in [5.41, 5.74) is 0.563. The molecule has 1 saturated carbocycles. The first-order valence-electron chi connectivity index (χ1n) is 8.24. The van der Waals surface area contributed by atoms with Gasteiger partial charge in [-0.15, -0.1) is 24.0 Å². The largest absolute Gasteiger partial charge is 0.383 e. The molecule has 0 amide bonds. The van der Waals surface area contributed by atoms with Crippen molar-refractivity contribution in [3.8, 4) is 0 Å². The first-order valence-corrected chi connectivity index (χ1v) is 8.24. The van der Waals surface area contributed by atoms with Crippen LogP contribution in [0.15, 0.2) is 4.99 Å². The molecular weight excluding hydrogens is 377 g/mol. The summed E-state index contributed by atoms with van der Waals surface area (Å²) in [6.07, 6.45) is 11.3. The van der Waals surface area contributed by atoms with Crippen LogP contribution in [-0.4, -0.2) is 51.3 Å². The van der Waals surface area contributed by atoms with Gasteiger partial charge in [0.1, 0.15) is 0 Å². The molecule has 0 aromatic rings. The molecule has 0 atom stereocenters. The summed E-state index contributed by atoms with van der Waals surface area (Å²) < 4.78 is 5.11.